The van der Waals surface area contributed by atoms with E-state index < -0.39 is 0 Å². The van der Waals surface area contributed by atoms with Crippen molar-refractivity contribution in [1.82, 2.24) is 15.5 Å². The molecular formula is C16H21N3O2. The molecule has 0 unspecified atom stereocenters. The Balaban J connectivity index is 1.51. The number of nitrogens with one attached hydrogen (secondary N) is 2. The van der Waals surface area contributed by atoms with Crippen molar-refractivity contribution in [2.45, 2.75) is 31.8 Å². The van der Waals surface area contributed by atoms with Crippen molar-refractivity contribution in [2.75, 3.05) is 19.6 Å². The molecule has 0 spiro atoms. The average molecular weight is 287 g/mol. The highest BCUT2D eigenvalue weighted by Gasteiger charge is 2.25. The number of amides is 2. The van der Waals surface area contributed by atoms with Gasteiger partial charge in [0.1, 0.15) is 0 Å². The smallest absolute Gasteiger partial charge is 0.241 e. The number of nitrogens with zero attached hydrogens (tertiary/aromatic N) is 1. The van der Waals surface area contributed by atoms with Gasteiger partial charge in [0.05, 0.1) is 12.6 Å². The second-order valence-electron chi connectivity index (χ2n) is 5.71. The number of carbonyl (C=O) groups excluding carboxylic acids is 2. The number of rotatable bonds is 3. The number of benzene rings is 1. The Bertz CT molecular complexity index is 538. The molecule has 0 bridgehead atoms. The lowest BCUT2D eigenvalue weighted by molar-refractivity contribution is -0.132. The van der Waals surface area contributed by atoms with E-state index in [-0.39, 0.29) is 24.4 Å². The molecule has 2 N–H and O–H groups in total. The average Bonchev–Trinajstić information content (AvgIpc) is 3.06. The molecule has 3 rings (SSSR count). The summed E-state index contributed by atoms with van der Waals surface area (Å²) in [5.41, 5.74) is 2.46. The minimum Gasteiger partial charge on any atom is -0.346 e. The molecular weight excluding hydrogens is 266 g/mol. The fourth-order valence-electron chi connectivity index (χ4n) is 3.00. The minimum atomic E-state index is -0.244. The van der Waals surface area contributed by atoms with Crippen molar-refractivity contribution >= 4 is 11.8 Å². The van der Waals surface area contributed by atoms with Gasteiger partial charge in [-0.15, -0.1) is 0 Å². The number of hydrogen-bond acceptors (Lipinski definition) is 3. The van der Waals surface area contributed by atoms with Crippen LogP contribution < -0.4 is 10.6 Å². The molecule has 1 saturated heterocycles. The third-order valence-corrected chi connectivity index (χ3v) is 4.27. The first-order valence-corrected chi connectivity index (χ1v) is 7.60. The lowest BCUT2D eigenvalue weighted by atomic mass is 9.95. The summed E-state index contributed by atoms with van der Waals surface area (Å²) in [4.78, 5) is 25.9. The molecule has 0 aliphatic carbocycles. The highest BCUT2D eigenvalue weighted by Crippen LogP contribution is 2.16. The van der Waals surface area contributed by atoms with Crippen LogP contribution in [0.15, 0.2) is 24.3 Å². The predicted octanol–water partition coefficient (Wildman–Crippen LogP) is 0.439. The maximum Gasteiger partial charge on any atom is 0.241 e. The Kier molecular flexibility index (Phi) is 4.20. The maximum absolute atomic E-state index is 12.2. The van der Waals surface area contributed by atoms with E-state index in [2.05, 4.69) is 22.8 Å². The van der Waals surface area contributed by atoms with Crippen molar-refractivity contribution in [2.24, 2.45) is 0 Å². The quantitative estimate of drug-likeness (QED) is 0.848. The van der Waals surface area contributed by atoms with E-state index in [0.29, 0.717) is 13.0 Å². The van der Waals surface area contributed by atoms with Crippen molar-refractivity contribution in [3.8, 4) is 0 Å². The second-order valence-corrected chi connectivity index (χ2v) is 5.71. The molecule has 5 heteroatoms. The topological polar surface area (TPSA) is 61.4 Å². The lowest BCUT2D eigenvalue weighted by Gasteiger charge is -2.25. The van der Waals surface area contributed by atoms with Crippen LogP contribution in [-0.2, 0) is 22.6 Å². The second kappa shape index (κ2) is 6.26. The summed E-state index contributed by atoms with van der Waals surface area (Å²) in [5.74, 6) is -0.0610. The van der Waals surface area contributed by atoms with Gasteiger partial charge in [-0.25, -0.2) is 0 Å². The van der Waals surface area contributed by atoms with E-state index in [1.54, 1.807) is 0 Å². The molecule has 2 amide bonds. The van der Waals surface area contributed by atoms with Gasteiger partial charge in [0.2, 0.25) is 11.8 Å². The van der Waals surface area contributed by atoms with Crippen LogP contribution in [0.2, 0.25) is 0 Å². The zero-order chi connectivity index (χ0) is 14.7. The Morgan fingerprint density at radius 3 is 2.67 bits per heavy atom. The van der Waals surface area contributed by atoms with Crippen LogP contribution in [-0.4, -0.2) is 42.4 Å². The summed E-state index contributed by atoms with van der Waals surface area (Å²) in [6, 6.07) is 7.90. The van der Waals surface area contributed by atoms with Crippen LogP contribution in [0.25, 0.3) is 0 Å². The molecule has 1 atom stereocenters. The van der Waals surface area contributed by atoms with E-state index >= 15 is 0 Å². The monoisotopic (exact) mass is 287 g/mol. The molecule has 2 aliphatic heterocycles. The molecule has 21 heavy (non-hydrogen) atoms. The molecule has 0 saturated carbocycles. The van der Waals surface area contributed by atoms with E-state index in [4.69, 9.17) is 0 Å². The third kappa shape index (κ3) is 3.24. The van der Waals surface area contributed by atoms with Crippen LogP contribution in [0.5, 0.6) is 0 Å². The Hall–Kier alpha value is -1.88. The van der Waals surface area contributed by atoms with Crippen LogP contribution in [0.3, 0.4) is 0 Å². The summed E-state index contributed by atoms with van der Waals surface area (Å²) in [6.45, 7) is 2.46. The summed E-state index contributed by atoms with van der Waals surface area (Å²) < 4.78 is 0. The van der Waals surface area contributed by atoms with Gasteiger partial charge in [-0.1, -0.05) is 24.3 Å². The predicted molar refractivity (Wildman–Crippen MR) is 79.6 cm³/mol. The molecule has 1 aromatic rings. The fourth-order valence-corrected chi connectivity index (χ4v) is 3.00. The van der Waals surface area contributed by atoms with E-state index in [1.807, 2.05) is 17.0 Å². The molecule has 2 aliphatic rings. The summed E-state index contributed by atoms with van der Waals surface area (Å²) in [5, 5.41) is 6.00. The van der Waals surface area contributed by atoms with Gasteiger partial charge in [-0.2, -0.15) is 0 Å². The molecule has 1 fully saturated rings. The van der Waals surface area contributed by atoms with Gasteiger partial charge in [0.15, 0.2) is 0 Å². The van der Waals surface area contributed by atoms with Gasteiger partial charge < -0.3 is 15.5 Å². The highest BCUT2D eigenvalue weighted by atomic mass is 16.2. The van der Waals surface area contributed by atoms with Gasteiger partial charge in [0, 0.05) is 19.6 Å². The standard InChI is InChI=1S/C16H21N3O2/c20-15(19-7-3-4-8-19)11-18-16(21)14-9-12-5-1-2-6-13(12)10-17-14/h1-2,5-6,14,17H,3-4,7-11H2,(H,18,21)/t14-/m1/s1. The molecule has 0 aromatic heterocycles. The zero-order valence-electron chi connectivity index (χ0n) is 12.1. The van der Waals surface area contributed by atoms with E-state index in [1.165, 1.54) is 11.1 Å². The maximum atomic E-state index is 12.2. The molecule has 2 heterocycles. The number of carbonyl (C=O) groups is 2. The van der Waals surface area contributed by atoms with Crippen LogP contribution in [0, 0.1) is 0 Å². The normalized spacial score (nSPS) is 21.0. The largest absolute Gasteiger partial charge is 0.346 e. The first-order chi connectivity index (χ1) is 10.2. The molecule has 0 radical (unpaired) electrons. The number of fused-ring (bicyclic) bond motifs is 1. The molecule has 5 nitrogen and oxygen atoms in total. The fraction of sp³-hybridized carbons (Fsp3) is 0.500. The third-order valence-electron chi connectivity index (χ3n) is 4.27. The molecule has 112 valence electrons. The van der Waals surface area contributed by atoms with Gasteiger partial charge in [-0.05, 0) is 30.4 Å². The number of likely N-dealkylation sites (tertiary alicyclic amines) is 1. The van der Waals surface area contributed by atoms with Gasteiger partial charge in [-0.3, -0.25) is 9.59 Å². The van der Waals surface area contributed by atoms with Crippen molar-refractivity contribution < 1.29 is 9.59 Å². The van der Waals surface area contributed by atoms with Crippen LogP contribution >= 0.6 is 0 Å². The van der Waals surface area contributed by atoms with E-state index in [9.17, 15) is 9.59 Å². The van der Waals surface area contributed by atoms with Crippen LogP contribution in [0.1, 0.15) is 24.0 Å². The van der Waals surface area contributed by atoms with Crippen molar-refractivity contribution in [3.63, 3.8) is 0 Å². The summed E-state index contributed by atoms with van der Waals surface area (Å²) in [7, 11) is 0. The Morgan fingerprint density at radius 2 is 1.90 bits per heavy atom. The first kappa shape index (κ1) is 14.1. The van der Waals surface area contributed by atoms with E-state index in [0.717, 1.165) is 25.9 Å². The van der Waals surface area contributed by atoms with Crippen LogP contribution in [0.4, 0.5) is 0 Å². The summed E-state index contributed by atoms with van der Waals surface area (Å²) in [6.07, 6.45) is 2.82. The number of hydrogen-bond donors (Lipinski definition) is 2. The van der Waals surface area contributed by atoms with Crippen molar-refractivity contribution in [3.05, 3.63) is 35.4 Å². The highest BCUT2D eigenvalue weighted by molar-refractivity contribution is 5.87. The SMILES string of the molecule is O=C(NCC(=O)N1CCCC1)[C@H]1Cc2ccccc2CN1. The lowest BCUT2D eigenvalue weighted by Crippen LogP contribution is -2.50. The van der Waals surface area contributed by atoms with Gasteiger partial charge in [0.25, 0.3) is 0 Å². The Labute approximate surface area is 124 Å². The minimum absolute atomic E-state index is 0.0251. The zero-order valence-corrected chi connectivity index (χ0v) is 12.1. The Morgan fingerprint density at radius 1 is 1.19 bits per heavy atom. The first-order valence-electron chi connectivity index (χ1n) is 7.60. The van der Waals surface area contributed by atoms with Crippen molar-refractivity contribution in [1.29, 1.82) is 0 Å². The molecule has 1 aromatic carbocycles. The van der Waals surface area contributed by atoms with Gasteiger partial charge >= 0.3 is 0 Å². The summed E-state index contributed by atoms with van der Waals surface area (Å²) >= 11 is 0.